The van der Waals surface area contributed by atoms with Gasteiger partial charge in [0, 0.05) is 22.9 Å². The molecule has 1 aromatic rings. The average molecular weight is 267 g/mol. The van der Waals surface area contributed by atoms with Gasteiger partial charge in [0.2, 0.25) is 5.91 Å². The Morgan fingerprint density at radius 1 is 1.47 bits per heavy atom. The van der Waals surface area contributed by atoms with Gasteiger partial charge >= 0.3 is 0 Å². The summed E-state index contributed by atoms with van der Waals surface area (Å²) in [6, 6.07) is 8.09. The van der Waals surface area contributed by atoms with E-state index in [2.05, 4.69) is 24.4 Å². The van der Waals surface area contributed by atoms with Gasteiger partial charge in [-0.15, -0.1) is 11.8 Å². The monoisotopic (exact) mass is 267 g/mol. The summed E-state index contributed by atoms with van der Waals surface area (Å²) >= 11 is 3.64. The first-order chi connectivity index (χ1) is 8.29. The highest BCUT2D eigenvalue weighted by Gasteiger charge is 2.21. The van der Waals surface area contributed by atoms with Crippen molar-refractivity contribution in [2.24, 2.45) is 0 Å². The Bertz CT molecular complexity index is 389. The summed E-state index contributed by atoms with van der Waals surface area (Å²) in [4.78, 5) is 12.0. The zero-order chi connectivity index (χ0) is 12.1. The standard InChI is InChI=1S/C13H17NOS2/c1-2-10-4-3-5-11(8-10)14-13(15)12-9-16-6-7-17-12/h3-5,8,12H,2,6-7,9H2,1H3,(H,14,15). The highest BCUT2D eigenvalue weighted by Crippen LogP contribution is 2.25. The van der Waals surface area contributed by atoms with Crippen molar-refractivity contribution in [3.8, 4) is 0 Å². The van der Waals surface area contributed by atoms with Gasteiger partial charge < -0.3 is 5.32 Å². The maximum Gasteiger partial charge on any atom is 0.238 e. The van der Waals surface area contributed by atoms with E-state index in [4.69, 9.17) is 0 Å². The number of anilines is 1. The topological polar surface area (TPSA) is 29.1 Å². The number of aryl methyl sites for hydroxylation is 1. The molecule has 1 unspecified atom stereocenters. The van der Waals surface area contributed by atoms with Crippen molar-refractivity contribution < 1.29 is 4.79 Å². The summed E-state index contributed by atoms with van der Waals surface area (Å²) in [5.74, 6) is 3.33. The normalized spacial score (nSPS) is 19.9. The zero-order valence-electron chi connectivity index (χ0n) is 9.94. The van der Waals surface area contributed by atoms with Crippen LogP contribution in [0.1, 0.15) is 12.5 Å². The lowest BCUT2D eigenvalue weighted by Crippen LogP contribution is -2.30. The predicted molar refractivity (Wildman–Crippen MR) is 78.0 cm³/mol. The quantitative estimate of drug-likeness (QED) is 0.912. The van der Waals surface area contributed by atoms with Gasteiger partial charge in [0.25, 0.3) is 0 Å². The average Bonchev–Trinajstić information content (AvgIpc) is 2.40. The van der Waals surface area contributed by atoms with Crippen molar-refractivity contribution in [1.29, 1.82) is 0 Å². The van der Waals surface area contributed by atoms with Crippen LogP contribution >= 0.6 is 23.5 Å². The van der Waals surface area contributed by atoms with Gasteiger partial charge in [0.1, 0.15) is 0 Å². The molecule has 1 aromatic carbocycles. The fourth-order valence-electron chi connectivity index (χ4n) is 1.73. The third kappa shape index (κ3) is 3.68. The van der Waals surface area contributed by atoms with Crippen molar-refractivity contribution in [3.05, 3.63) is 29.8 Å². The van der Waals surface area contributed by atoms with Crippen LogP contribution in [0.3, 0.4) is 0 Å². The molecule has 0 aliphatic carbocycles. The van der Waals surface area contributed by atoms with Gasteiger partial charge in [-0.05, 0) is 24.1 Å². The molecule has 1 aliphatic rings. The zero-order valence-corrected chi connectivity index (χ0v) is 11.6. The van der Waals surface area contributed by atoms with Gasteiger partial charge in [-0.25, -0.2) is 0 Å². The van der Waals surface area contributed by atoms with Crippen molar-refractivity contribution in [2.75, 3.05) is 22.6 Å². The van der Waals surface area contributed by atoms with Gasteiger partial charge in [-0.3, -0.25) is 4.79 Å². The van der Waals surface area contributed by atoms with Gasteiger partial charge in [-0.1, -0.05) is 19.1 Å². The molecule has 92 valence electrons. The van der Waals surface area contributed by atoms with Crippen LogP contribution in [-0.4, -0.2) is 28.4 Å². The number of carbonyl (C=O) groups is 1. The molecule has 0 spiro atoms. The molecular formula is C13H17NOS2. The molecule has 1 amide bonds. The SMILES string of the molecule is CCc1cccc(NC(=O)C2CSCCS2)c1. The summed E-state index contributed by atoms with van der Waals surface area (Å²) in [5.41, 5.74) is 2.18. The van der Waals surface area contributed by atoms with E-state index in [1.807, 2.05) is 23.9 Å². The molecule has 4 heteroatoms. The third-order valence-corrected chi connectivity index (χ3v) is 5.47. The highest BCUT2D eigenvalue weighted by molar-refractivity contribution is 8.07. The number of rotatable bonds is 3. The van der Waals surface area contributed by atoms with E-state index in [0.29, 0.717) is 0 Å². The fourth-order valence-corrected chi connectivity index (χ4v) is 4.29. The second-order valence-corrected chi connectivity index (χ2v) is 6.44. The fraction of sp³-hybridized carbons (Fsp3) is 0.462. The molecule has 1 saturated heterocycles. The van der Waals surface area contributed by atoms with Crippen molar-refractivity contribution in [1.82, 2.24) is 0 Å². The Kier molecular flexibility index (Phi) is 4.80. The molecular weight excluding hydrogens is 250 g/mol. The lowest BCUT2D eigenvalue weighted by molar-refractivity contribution is -0.115. The number of amides is 1. The number of thioether (sulfide) groups is 2. The number of benzene rings is 1. The molecule has 1 atom stereocenters. The number of hydrogen-bond acceptors (Lipinski definition) is 3. The van der Waals surface area contributed by atoms with Crippen LogP contribution in [0.2, 0.25) is 0 Å². The summed E-state index contributed by atoms with van der Waals surface area (Å²) in [7, 11) is 0. The van der Waals surface area contributed by atoms with E-state index >= 15 is 0 Å². The van der Waals surface area contributed by atoms with Gasteiger partial charge in [0.05, 0.1) is 5.25 Å². The Balaban J connectivity index is 1.96. The van der Waals surface area contributed by atoms with Crippen LogP contribution in [0, 0.1) is 0 Å². The van der Waals surface area contributed by atoms with Crippen LogP contribution in [-0.2, 0) is 11.2 Å². The van der Waals surface area contributed by atoms with Crippen molar-refractivity contribution in [3.63, 3.8) is 0 Å². The van der Waals surface area contributed by atoms with Crippen molar-refractivity contribution >= 4 is 35.1 Å². The smallest absolute Gasteiger partial charge is 0.238 e. The molecule has 1 heterocycles. The van der Waals surface area contributed by atoms with Gasteiger partial charge in [0.15, 0.2) is 0 Å². The molecule has 0 saturated carbocycles. The second-order valence-electron chi connectivity index (χ2n) is 3.98. The molecule has 1 N–H and O–H groups in total. The minimum atomic E-state index is 0.110. The first kappa shape index (κ1) is 12.8. The lowest BCUT2D eigenvalue weighted by Gasteiger charge is -2.20. The molecule has 0 aromatic heterocycles. The molecule has 2 nitrogen and oxygen atoms in total. The second kappa shape index (κ2) is 6.36. The molecule has 0 radical (unpaired) electrons. The molecule has 0 bridgehead atoms. The first-order valence-electron chi connectivity index (χ1n) is 5.88. The Morgan fingerprint density at radius 2 is 2.35 bits per heavy atom. The highest BCUT2D eigenvalue weighted by atomic mass is 32.2. The van der Waals surface area contributed by atoms with Crippen LogP contribution in [0.4, 0.5) is 5.69 Å². The molecule has 1 fully saturated rings. The summed E-state index contributed by atoms with van der Waals surface area (Å²) in [6.45, 7) is 2.12. The van der Waals surface area contributed by atoms with E-state index < -0.39 is 0 Å². The predicted octanol–water partition coefficient (Wildman–Crippen LogP) is 3.04. The Labute approximate surface area is 111 Å². The van der Waals surface area contributed by atoms with Crippen LogP contribution in [0.5, 0.6) is 0 Å². The maximum atomic E-state index is 12.0. The number of hydrogen-bond donors (Lipinski definition) is 1. The maximum absolute atomic E-state index is 12.0. The number of nitrogens with one attached hydrogen (secondary N) is 1. The summed E-state index contributed by atoms with van der Waals surface area (Å²) < 4.78 is 0. The minimum absolute atomic E-state index is 0.110. The van der Waals surface area contributed by atoms with Crippen LogP contribution < -0.4 is 5.32 Å². The molecule has 1 aliphatic heterocycles. The molecule has 17 heavy (non-hydrogen) atoms. The minimum Gasteiger partial charge on any atom is -0.325 e. The lowest BCUT2D eigenvalue weighted by atomic mass is 10.1. The van der Waals surface area contributed by atoms with E-state index in [-0.39, 0.29) is 11.2 Å². The summed E-state index contributed by atoms with van der Waals surface area (Å²) in [6.07, 6.45) is 0.998. The summed E-state index contributed by atoms with van der Waals surface area (Å²) in [5, 5.41) is 3.12. The number of carbonyl (C=O) groups excluding carboxylic acids is 1. The van der Waals surface area contributed by atoms with E-state index in [1.54, 1.807) is 11.8 Å². The van der Waals surface area contributed by atoms with E-state index in [9.17, 15) is 4.79 Å². The molecule has 2 rings (SSSR count). The van der Waals surface area contributed by atoms with Crippen LogP contribution in [0.25, 0.3) is 0 Å². The van der Waals surface area contributed by atoms with E-state index in [1.165, 1.54) is 11.3 Å². The van der Waals surface area contributed by atoms with Crippen molar-refractivity contribution in [2.45, 2.75) is 18.6 Å². The Hall–Kier alpha value is -0.610. The van der Waals surface area contributed by atoms with E-state index in [0.717, 1.165) is 23.6 Å². The third-order valence-electron chi connectivity index (χ3n) is 2.71. The Morgan fingerprint density at radius 3 is 3.06 bits per heavy atom. The first-order valence-corrected chi connectivity index (χ1v) is 8.09. The van der Waals surface area contributed by atoms with Gasteiger partial charge in [-0.2, -0.15) is 11.8 Å². The van der Waals surface area contributed by atoms with Crippen LogP contribution in [0.15, 0.2) is 24.3 Å². The largest absolute Gasteiger partial charge is 0.325 e.